The van der Waals surface area contributed by atoms with Gasteiger partial charge >= 0.3 is 0 Å². The molecule has 2 aromatic rings. The minimum Gasteiger partial charge on any atom is -0.494 e. The van der Waals surface area contributed by atoms with Gasteiger partial charge in [-0.3, -0.25) is 13.9 Å². The van der Waals surface area contributed by atoms with Crippen molar-refractivity contribution in [2.75, 3.05) is 29.0 Å². The average Bonchev–Trinajstić information content (AvgIpc) is 2.73. The van der Waals surface area contributed by atoms with Crippen LogP contribution < -0.4 is 19.7 Å². The fourth-order valence-electron chi connectivity index (χ4n) is 3.08. The Labute approximate surface area is 190 Å². The van der Waals surface area contributed by atoms with E-state index in [1.165, 1.54) is 6.92 Å². The minimum atomic E-state index is -3.77. The van der Waals surface area contributed by atoms with E-state index in [1.807, 2.05) is 20.8 Å². The summed E-state index contributed by atoms with van der Waals surface area (Å²) in [5, 5.41) is 5.52. The van der Waals surface area contributed by atoms with Gasteiger partial charge in [-0.25, -0.2) is 8.42 Å². The summed E-state index contributed by atoms with van der Waals surface area (Å²) in [6.45, 7) is 8.29. The number of carbonyl (C=O) groups excluding carboxylic acids is 2. The van der Waals surface area contributed by atoms with E-state index >= 15 is 0 Å². The Bertz CT molecular complexity index is 1040. The monoisotopic (exact) mass is 461 g/mol. The summed E-state index contributed by atoms with van der Waals surface area (Å²) in [5.41, 5.74) is 0.952. The van der Waals surface area contributed by atoms with Gasteiger partial charge < -0.3 is 15.4 Å². The second kappa shape index (κ2) is 11.0. The fraction of sp³-hybridized carbons (Fsp3) is 0.391. The van der Waals surface area contributed by atoms with E-state index in [9.17, 15) is 18.0 Å². The number of nitrogens with one attached hydrogen (secondary N) is 2. The predicted molar refractivity (Wildman–Crippen MR) is 127 cm³/mol. The first-order valence-electron chi connectivity index (χ1n) is 10.4. The molecular formula is C23H31N3O5S. The first-order valence-corrected chi connectivity index (χ1v) is 12.3. The molecule has 32 heavy (non-hydrogen) atoms. The van der Waals surface area contributed by atoms with Gasteiger partial charge in [-0.15, -0.1) is 0 Å². The van der Waals surface area contributed by atoms with Crippen LogP contribution in [-0.4, -0.2) is 45.7 Å². The van der Waals surface area contributed by atoms with E-state index in [-0.39, 0.29) is 11.8 Å². The van der Waals surface area contributed by atoms with Gasteiger partial charge in [0.05, 0.1) is 29.8 Å². The van der Waals surface area contributed by atoms with Gasteiger partial charge in [0.25, 0.3) is 5.91 Å². The highest BCUT2D eigenvalue weighted by molar-refractivity contribution is 7.92. The Morgan fingerprint density at radius 3 is 2.22 bits per heavy atom. The molecule has 0 radical (unpaired) electrons. The highest BCUT2D eigenvalue weighted by Crippen LogP contribution is 2.25. The van der Waals surface area contributed by atoms with Crippen molar-refractivity contribution in [3.63, 3.8) is 0 Å². The lowest BCUT2D eigenvalue weighted by Crippen LogP contribution is -2.45. The third-order valence-electron chi connectivity index (χ3n) is 4.59. The summed E-state index contributed by atoms with van der Waals surface area (Å²) in [5.74, 6) is 0.00320. The third-order valence-corrected chi connectivity index (χ3v) is 5.83. The van der Waals surface area contributed by atoms with Crippen LogP contribution in [0, 0.1) is 5.92 Å². The van der Waals surface area contributed by atoms with Crippen molar-refractivity contribution in [1.29, 1.82) is 0 Å². The van der Waals surface area contributed by atoms with E-state index < -0.39 is 22.0 Å². The highest BCUT2D eigenvalue weighted by atomic mass is 32.2. The average molecular weight is 462 g/mol. The van der Waals surface area contributed by atoms with Crippen LogP contribution in [0.1, 0.15) is 38.1 Å². The molecule has 0 aromatic heterocycles. The molecule has 0 saturated heterocycles. The predicted octanol–water partition coefficient (Wildman–Crippen LogP) is 3.26. The topological polar surface area (TPSA) is 105 Å². The number of carbonyl (C=O) groups is 2. The van der Waals surface area contributed by atoms with Gasteiger partial charge in [0.15, 0.2) is 0 Å². The molecule has 174 valence electrons. The van der Waals surface area contributed by atoms with E-state index in [0.717, 1.165) is 10.6 Å². The molecule has 2 rings (SSSR count). The number of anilines is 2. The van der Waals surface area contributed by atoms with Crippen LogP contribution in [0.5, 0.6) is 5.75 Å². The number of hydrogen-bond acceptors (Lipinski definition) is 5. The smallest absolute Gasteiger partial charge is 0.253 e. The molecule has 2 amide bonds. The van der Waals surface area contributed by atoms with Crippen LogP contribution in [0.15, 0.2) is 48.5 Å². The summed E-state index contributed by atoms with van der Waals surface area (Å²) in [6.07, 6.45) is 1.04. The first kappa shape index (κ1) is 25.2. The number of nitrogens with zero attached hydrogens (tertiary/aromatic N) is 1. The SMILES string of the molecule is CCOc1ccc(N([C@@H](C)C(=O)Nc2ccccc2C(=O)NCC(C)C)S(C)(=O)=O)cc1. The van der Waals surface area contributed by atoms with E-state index in [4.69, 9.17) is 4.74 Å². The first-order chi connectivity index (χ1) is 15.0. The molecular weight excluding hydrogens is 430 g/mol. The Hall–Kier alpha value is -3.07. The zero-order valence-electron chi connectivity index (χ0n) is 19.1. The van der Waals surface area contributed by atoms with Crippen LogP contribution in [0.4, 0.5) is 11.4 Å². The van der Waals surface area contributed by atoms with Crippen molar-refractivity contribution in [1.82, 2.24) is 5.32 Å². The summed E-state index contributed by atoms with van der Waals surface area (Å²) in [6, 6.07) is 12.0. The maximum Gasteiger partial charge on any atom is 0.253 e. The number of hydrogen-bond donors (Lipinski definition) is 2. The van der Waals surface area contributed by atoms with Gasteiger partial charge in [0.2, 0.25) is 15.9 Å². The lowest BCUT2D eigenvalue weighted by molar-refractivity contribution is -0.116. The molecule has 0 fully saturated rings. The second-order valence-electron chi connectivity index (χ2n) is 7.80. The summed E-state index contributed by atoms with van der Waals surface area (Å²) >= 11 is 0. The van der Waals surface area contributed by atoms with Crippen molar-refractivity contribution in [3.05, 3.63) is 54.1 Å². The van der Waals surface area contributed by atoms with Crippen molar-refractivity contribution >= 4 is 33.2 Å². The molecule has 8 nitrogen and oxygen atoms in total. The molecule has 0 spiro atoms. The number of para-hydroxylation sites is 1. The Morgan fingerprint density at radius 2 is 1.66 bits per heavy atom. The van der Waals surface area contributed by atoms with Crippen LogP contribution in [0.25, 0.3) is 0 Å². The third kappa shape index (κ3) is 6.71. The zero-order valence-corrected chi connectivity index (χ0v) is 19.9. The molecule has 0 saturated carbocycles. The van der Waals surface area contributed by atoms with Gasteiger partial charge in [0.1, 0.15) is 11.8 Å². The van der Waals surface area contributed by atoms with Crippen molar-refractivity contribution in [2.24, 2.45) is 5.92 Å². The molecule has 0 heterocycles. The molecule has 0 unspecified atom stereocenters. The normalized spacial score (nSPS) is 12.2. The lowest BCUT2D eigenvalue weighted by atomic mass is 10.1. The van der Waals surface area contributed by atoms with Crippen LogP contribution in [0.2, 0.25) is 0 Å². The molecule has 9 heteroatoms. The Balaban J connectivity index is 2.27. The molecule has 2 aromatic carbocycles. The largest absolute Gasteiger partial charge is 0.494 e. The standard InChI is InChI=1S/C23H31N3O5S/c1-6-31-19-13-11-18(12-14-19)26(32(5,29)30)17(4)22(27)25-21-10-8-7-9-20(21)23(28)24-15-16(2)3/h7-14,16-17H,6,15H2,1-5H3,(H,24,28)(H,25,27)/t17-/m0/s1. The number of benzene rings is 2. The molecule has 0 aliphatic heterocycles. The van der Waals surface area contributed by atoms with E-state index in [0.29, 0.717) is 35.8 Å². The Kier molecular flexibility index (Phi) is 8.65. The second-order valence-corrected chi connectivity index (χ2v) is 9.66. The molecule has 0 aliphatic rings. The van der Waals surface area contributed by atoms with E-state index in [1.54, 1.807) is 48.5 Å². The van der Waals surface area contributed by atoms with Crippen LogP contribution in [-0.2, 0) is 14.8 Å². The van der Waals surface area contributed by atoms with Crippen LogP contribution >= 0.6 is 0 Å². The summed E-state index contributed by atoms with van der Waals surface area (Å²) in [4.78, 5) is 25.6. The maximum atomic E-state index is 13.0. The molecule has 2 N–H and O–H groups in total. The molecule has 1 atom stereocenters. The van der Waals surface area contributed by atoms with Crippen molar-refractivity contribution in [2.45, 2.75) is 33.7 Å². The molecule has 0 aliphatic carbocycles. The quantitative estimate of drug-likeness (QED) is 0.565. The fourth-order valence-corrected chi connectivity index (χ4v) is 4.26. The number of rotatable bonds is 10. The van der Waals surface area contributed by atoms with Crippen molar-refractivity contribution < 1.29 is 22.7 Å². The number of sulfonamides is 1. The van der Waals surface area contributed by atoms with E-state index in [2.05, 4.69) is 10.6 Å². The van der Waals surface area contributed by atoms with Gasteiger partial charge in [0, 0.05) is 6.54 Å². The lowest BCUT2D eigenvalue weighted by Gasteiger charge is -2.28. The van der Waals surface area contributed by atoms with Gasteiger partial charge in [-0.05, 0) is 56.2 Å². The zero-order chi connectivity index (χ0) is 23.9. The maximum absolute atomic E-state index is 13.0. The Morgan fingerprint density at radius 1 is 1.03 bits per heavy atom. The minimum absolute atomic E-state index is 0.276. The number of ether oxygens (including phenoxy) is 1. The number of amides is 2. The van der Waals surface area contributed by atoms with Crippen molar-refractivity contribution in [3.8, 4) is 5.75 Å². The van der Waals surface area contributed by atoms with Gasteiger partial charge in [-0.2, -0.15) is 0 Å². The van der Waals surface area contributed by atoms with Gasteiger partial charge in [-0.1, -0.05) is 26.0 Å². The summed E-state index contributed by atoms with van der Waals surface area (Å²) < 4.78 is 31.5. The summed E-state index contributed by atoms with van der Waals surface area (Å²) in [7, 11) is -3.77. The van der Waals surface area contributed by atoms with Crippen LogP contribution in [0.3, 0.4) is 0 Å². The highest BCUT2D eigenvalue weighted by Gasteiger charge is 2.30. The molecule has 0 bridgehead atoms.